The van der Waals surface area contributed by atoms with E-state index in [0.29, 0.717) is 0 Å². The van der Waals surface area contributed by atoms with E-state index in [4.69, 9.17) is 0 Å². The van der Waals surface area contributed by atoms with Crippen molar-refractivity contribution >= 4 is 74.2 Å². The molecule has 2 aliphatic carbocycles. The summed E-state index contributed by atoms with van der Waals surface area (Å²) in [5.74, 6) is 0. The summed E-state index contributed by atoms with van der Waals surface area (Å²) in [7, 11) is 0. The molecule has 0 bridgehead atoms. The fourth-order valence-electron chi connectivity index (χ4n) is 13.8. The zero-order valence-electron chi connectivity index (χ0n) is 48.7. The number of hydrogen-bond donors (Lipinski definition) is 0. The van der Waals surface area contributed by atoms with Crippen LogP contribution in [0.4, 0.5) is 45.5 Å². The lowest BCUT2D eigenvalue weighted by Gasteiger charge is -2.51. The van der Waals surface area contributed by atoms with Crippen LogP contribution in [0.3, 0.4) is 0 Å². The van der Waals surface area contributed by atoms with Crippen molar-refractivity contribution in [1.29, 1.82) is 0 Å². The molecule has 390 valence electrons. The highest BCUT2D eigenvalue weighted by atomic mass is 15.3. The van der Waals surface area contributed by atoms with Crippen molar-refractivity contribution in [3.63, 3.8) is 0 Å². The van der Waals surface area contributed by atoms with Crippen LogP contribution in [0.5, 0.6) is 0 Å². The van der Waals surface area contributed by atoms with E-state index in [1.54, 1.807) is 0 Å². The van der Waals surface area contributed by atoms with Gasteiger partial charge in [0.25, 0.3) is 6.71 Å². The van der Waals surface area contributed by atoms with Gasteiger partial charge in [-0.15, -0.1) is 0 Å². The van der Waals surface area contributed by atoms with Gasteiger partial charge in [-0.05, 0) is 175 Å². The summed E-state index contributed by atoms with van der Waals surface area (Å²) < 4.78 is 0. The second-order valence-corrected chi connectivity index (χ2v) is 27.9. The molecule has 0 N–H and O–H groups in total. The zero-order chi connectivity index (χ0) is 54.4. The number of fused-ring (bicyclic) bond motifs is 7. The van der Waals surface area contributed by atoms with E-state index in [1.807, 2.05) is 0 Å². The summed E-state index contributed by atoms with van der Waals surface area (Å²) in [6.07, 6.45) is 12.5. The normalized spacial score (nSPS) is 19.9. The molecular weight excluding hydrogens is 930 g/mol. The Hall–Kier alpha value is -6.78. The van der Waals surface area contributed by atoms with E-state index >= 15 is 0 Å². The molecule has 0 radical (unpaired) electrons. The zero-order valence-corrected chi connectivity index (χ0v) is 48.7. The van der Waals surface area contributed by atoms with Crippen molar-refractivity contribution in [2.45, 2.75) is 162 Å². The molecule has 5 aliphatic rings. The summed E-state index contributed by atoms with van der Waals surface area (Å²) >= 11 is 0. The Morgan fingerprint density at radius 2 is 1.03 bits per heavy atom. The van der Waals surface area contributed by atoms with E-state index in [2.05, 4.69) is 276 Å². The second-order valence-electron chi connectivity index (χ2n) is 27.9. The van der Waals surface area contributed by atoms with E-state index in [-0.39, 0.29) is 39.3 Å². The molecule has 0 amide bonds. The third-order valence-corrected chi connectivity index (χ3v) is 18.7. The van der Waals surface area contributed by atoms with Gasteiger partial charge in [0.05, 0.1) is 11.2 Å². The highest BCUT2D eigenvalue weighted by Crippen LogP contribution is 2.62. The molecule has 7 aromatic carbocycles. The summed E-state index contributed by atoms with van der Waals surface area (Å²) in [5, 5.41) is 0. The van der Waals surface area contributed by atoms with Gasteiger partial charge in [-0.25, -0.2) is 0 Å². The third-order valence-electron chi connectivity index (χ3n) is 18.7. The van der Waals surface area contributed by atoms with Gasteiger partial charge >= 0.3 is 0 Å². The first-order valence-electron chi connectivity index (χ1n) is 28.7. The van der Waals surface area contributed by atoms with Gasteiger partial charge in [0, 0.05) is 50.8 Å². The molecule has 3 heterocycles. The molecule has 0 saturated heterocycles. The van der Waals surface area contributed by atoms with E-state index in [1.165, 1.54) is 137 Å². The Bertz CT molecular complexity index is 3600. The van der Waals surface area contributed by atoms with Gasteiger partial charge in [0.15, 0.2) is 0 Å². The quantitative estimate of drug-likeness (QED) is 0.159. The second kappa shape index (κ2) is 17.6. The van der Waals surface area contributed by atoms with Crippen LogP contribution >= 0.6 is 0 Å². The van der Waals surface area contributed by atoms with Crippen LogP contribution in [0.1, 0.15) is 162 Å². The highest BCUT2D eigenvalue weighted by molar-refractivity contribution is 7.00. The minimum Gasteiger partial charge on any atom is -0.334 e. The SMILES string of the molecule is C=C1C=CC(c2ccc3c(c2)C2(C)CCCCC2(C)N3c2ccc3c(c2)N(c2ccc(C(C)(C)C)cc2)c2cc(C(C)(C)C)cc4c2B3c2ccc(C(C)(C)C)cc2N4c2ccc(C(C)(C)C)cc2-c2ccccc2)=CC1. The Kier molecular flexibility index (Phi) is 11.7. The maximum absolute atomic E-state index is 4.25. The van der Waals surface area contributed by atoms with Crippen molar-refractivity contribution < 1.29 is 0 Å². The predicted octanol–water partition coefficient (Wildman–Crippen LogP) is 18.3. The van der Waals surface area contributed by atoms with Gasteiger partial charge in [-0.1, -0.05) is 206 Å². The van der Waals surface area contributed by atoms with Gasteiger partial charge in [-0.2, -0.15) is 0 Å². The first-order valence-corrected chi connectivity index (χ1v) is 28.7. The predicted molar refractivity (Wildman–Crippen MR) is 334 cm³/mol. The molecule has 0 spiro atoms. The Labute approximate surface area is 462 Å². The highest BCUT2D eigenvalue weighted by Gasteiger charge is 2.58. The van der Waals surface area contributed by atoms with Crippen molar-refractivity contribution in [3.05, 3.63) is 203 Å². The van der Waals surface area contributed by atoms with Crippen LogP contribution in [0, 0.1) is 0 Å². The van der Waals surface area contributed by atoms with E-state index in [9.17, 15) is 0 Å². The molecule has 3 aliphatic heterocycles. The summed E-state index contributed by atoms with van der Waals surface area (Å²) in [4.78, 5) is 8.10. The molecule has 3 nitrogen and oxygen atoms in total. The maximum Gasteiger partial charge on any atom is 0.252 e. The summed E-state index contributed by atoms with van der Waals surface area (Å²) in [6.45, 7) is 37.6. The van der Waals surface area contributed by atoms with Crippen LogP contribution in [-0.2, 0) is 27.1 Å². The van der Waals surface area contributed by atoms with Crippen molar-refractivity contribution in [1.82, 2.24) is 0 Å². The van der Waals surface area contributed by atoms with Crippen LogP contribution in [-0.4, -0.2) is 12.3 Å². The third kappa shape index (κ3) is 8.21. The lowest BCUT2D eigenvalue weighted by atomic mass is 9.33. The van der Waals surface area contributed by atoms with Gasteiger partial charge in [-0.3, -0.25) is 0 Å². The van der Waals surface area contributed by atoms with Gasteiger partial charge < -0.3 is 14.7 Å². The smallest absolute Gasteiger partial charge is 0.252 e. The van der Waals surface area contributed by atoms with E-state index in [0.717, 1.165) is 12.8 Å². The van der Waals surface area contributed by atoms with Crippen molar-refractivity contribution in [2.75, 3.05) is 14.7 Å². The molecule has 1 saturated carbocycles. The molecule has 7 aromatic rings. The van der Waals surface area contributed by atoms with Crippen LogP contribution in [0.15, 0.2) is 170 Å². The minimum atomic E-state index is -0.155. The average Bonchev–Trinajstić information content (AvgIpc) is 3.62. The molecule has 1 fully saturated rings. The molecular formula is C73H80BN3. The number of benzene rings is 7. The summed E-state index contributed by atoms with van der Waals surface area (Å²) in [5.41, 5.74) is 26.7. The monoisotopic (exact) mass is 1010 g/mol. The summed E-state index contributed by atoms with van der Waals surface area (Å²) in [6, 6.07) is 55.5. The Morgan fingerprint density at radius 1 is 0.468 bits per heavy atom. The van der Waals surface area contributed by atoms with Crippen LogP contribution < -0.4 is 31.1 Å². The lowest BCUT2D eigenvalue weighted by molar-refractivity contribution is 0.195. The molecule has 2 atom stereocenters. The molecule has 4 heteroatoms. The fourth-order valence-corrected chi connectivity index (χ4v) is 13.8. The first-order chi connectivity index (χ1) is 36.3. The maximum atomic E-state index is 4.25. The van der Waals surface area contributed by atoms with E-state index < -0.39 is 0 Å². The van der Waals surface area contributed by atoms with Crippen molar-refractivity contribution in [3.8, 4) is 11.1 Å². The van der Waals surface area contributed by atoms with Gasteiger partial charge in [0.2, 0.25) is 0 Å². The van der Waals surface area contributed by atoms with Crippen LogP contribution in [0.25, 0.3) is 16.7 Å². The molecule has 2 unspecified atom stereocenters. The fraction of sp³-hybridized carbons (Fsp3) is 0.342. The number of anilines is 8. The average molecular weight is 1010 g/mol. The molecule has 0 aromatic heterocycles. The first kappa shape index (κ1) is 51.0. The van der Waals surface area contributed by atoms with Crippen molar-refractivity contribution in [2.24, 2.45) is 0 Å². The number of nitrogens with zero attached hydrogens (tertiary/aromatic N) is 3. The molecule has 77 heavy (non-hydrogen) atoms. The largest absolute Gasteiger partial charge is 0.334 e. The number of rotatable bonds is 5. The lowest BCUT2D eigenvalue weighted by Crippen LogP contribution is -2.61. The number of hydrogen-bond acceptors (Lipinski definition) is 3. The Morgan fingerprint density at radius 3 is 1.68 bits per heavy atom. The number of allylic oxidation sites excluding steroid dienone is 5. The van der Waals surface area contributed by atoms with Gasteiger partial charge in [0.1, 0.15) is 0 Å². The minimum absolute atomic E-state index is 0.0144. The Balaban J connectivity index is 1.15. The van der Waals surface area contributed by atoms with Crippen LogP contribution in [0.2, 0.25) is 0 Å². The standard InChI is InChI=1S/C73H80BN3/c1-47-23-25-48(26-24-47)50-27-37-62-58(41-50)72(14)39-19-20-40-73(72,15)77(62)56-34-36-60-64(46-56)75(55-32-28-51(29-33-55)68(2,3)4)65-44-54(71(11,12)13)45-66-67(65)74(60)59-35-30-53(70(8,9)10)43-63(59)76(66)61-38-31-52(69(5,6)7)42-57(61)49-21-17-16-18-22-49/h16-18,21-23,25-38,41-46H,1,19-20,24,39-40H2,2-15H3. The molecule has 12 rings (SSSR count). The topological polar surface area (TPSA) is 9.72 Å².